The standard InChI is InChI=1S/C17H21FN2O/c1-12(2)9-15(19)11-21-17-4-3-14(10-16(17)18)13-5-7-20-8-6-13/h3-8,10,12,15H,9,11,19H2,1-2H3. The lowest BCUT2D eigenvalue weighted by molar-refractivity contribution is 0.260. The summed E-state index contributed by atoms with van der Waals surface area (Å²) in [5.74, 6) is 0.371. The van der Waals surface area contributed by atoms with E-state index in [0.717, 1.165) is 17.5 Å². The molecule has 1 atom stereocenters. The molecule has 0 spiro atoms. The maximum absolute atomic E-state index is 14.1. The van der Waals surface area contributed by atoms with Crippen LogP contribution in [0.5, 0.6) is 5.75 Å². The van der Waals surface area contributed by atoms with Gasteiger partial charge >= 0.3 is 0 Å². The predicted octanol–water partition coefficient (Wildman–Crippen LogP) is 3.64. The van der Waals surface area contributed by atoms with Crippen molar-refractivity contribution < 1.29 is 9.13 Å². The molecule has 21 heavy (non-hydrogen) atoms. The third-order valence-corrected chi connectivity index (χ3v) is 3.17. The second-order valence-electron chi connectivity index (χ2n) is 5.58. The van der Waals surface area contributed by atoms with Gasteiger partial charge in [0.15, 0.2) is 11.6 Å². The summed E-state index contributed by atoms with van der Waals surface area (Å²) in [7, 11) is 0. The molecule has 0 saturated carbocycles. The van der Waals surface area contributed by atoms with Crippen LogP contribution < -0.4 is 10.5 Å². The molecule has 1 heterocycles. The minimum Gasteiger partial charge on any atom is -0.489 e. The molecule has 2 N–H and O–H groups in total. The molecule has 3 nitrogen and oxygen atoms in total. The van der Waals surface area contributed by atoms with Crippen LogP contribution in [-0.2, 0) is 0 Å². The molecule has 0 aliphatic heterocycles. The van der Waals surface area contributed by atoms with E-state index in [1.807, 2.05) is 18.2 Å². The van der Waals surface area contributed by atoms with Crippen LogP contribution in [0.4, 0.5) is 4.39 Å². The summed E-state index contributed by atoms with van der Waals surface area (Å²) in [5.41, 5.74) is 7.66. The predicted molar refractivity (Wildman–Crippen MR) is 82.6 cm³/mol. The molecule has 1 aromatic carbocycles. The van der Waals surface area contributed by atoms with Crippen LogP contribution in [0.2, 0.25) is 0 Å². The molecule has 1 aromatic heterocycles. The van der Waals surface area contributed by atoms with E-state index in [4.69, 9.17) is 10.5 Å². The Labute approximate surface area is 125 Å². The molecule has 0 aliphatic rings. The van der Waals surface area contributed by atoms with Crippen LogP contribution in [0.1, 0.15) is 20.3 Å². The lowest BCUT2D eigenvalue weighted by Gasteiger charge is -2.15. The number of ether oxygens (including phenoxy) is 1. The SMILES string of the molecule is CC(C)CC(N)COc1ccc(-c2ccncc2)cc1F. The molecule has 0 saturated heterocycles. The number of hydrogen-bond donors (Lipinski definition) is 1. The van der Waals surface area contributed by atoms with Crippen LogP contribution in [0, 0.1) is 11.7 Å². The van der Waals surface area contributed by atoms with Crippen molar-refractivity contribution in [1.82, 2.24) is 4.98 Å². The normalized spacial score (nSPS) is 12.4. The number of hydrogen-bond acceptors (Lipinski definition) is 3. The van der Waals surface area contributed by atoms with E-state index in [2.05, 4.69) is 18.8 Å². The average Bonchev–Trinajstić information content (AvgIpc) is 2.46. The fourth-order valence-electron chi connectivity index (χ4n) is 2.21. The van der Waals surface area contributed by atoms with Crippen LogP contribution in [0.3, 0.4) is 0 Å². The van der Waals surface area contributed by atoms with Crippen molar-refractivity contribution >= 4 is 0 Å². The Morgan fingerprint density at radius 3 is 2.48 bits per heavy atom. The quantitative estimate of drug-likeness (QED) is 0.882. The number of nitrogens with two attached hydrogens (primary N) is 1. The minimum absolute atomic E-state index is 0.0794. The molecule has 0 radical (unpaired) electrons. The van der Waals surface area contributed by atoms with Gasteiger partial charge in [0.2, 0.25) is 0 Å². The Morgan fingerprint density at radius 1 is 1.14 bits per heavy atom. The van der Waals surface area contributed by atoms with Gasteiger partial charge in [-0.1, -0.05) is 19.9 Å². The number of pyridine rings is 1. The van der Waals surface area contributed by atoms with Crippen LogP contribution in [0.25, 0.3) is 11.1 Å². The molecule has 2 aromatic rings. The van der Waals surface area contributed by atoms with Crippen molar-refractivity contribution in [1.29, 1.82) is 0 Å². The highest BCUT2D eigenvalue weighted by molar-refractivity contribution is 5.63. The van der Waals surface area contributed by atoms with Crippen LogP contribution >= 0.6 is 0 Å². The zero-order valence-electron chi connectivity index (χ0n) is 12.4. The fraction of sp³-hybridized carbons (Fsp3) is 0.353. The van der Waals surface area contributed by atoms with Crippen molar-refractivity contribution in [2.45, 2.75) is 26.3 Å². The van der Waals surface area contributed by atoms with E-state index in [0.29, 0.717) is 12.5 Å². The van der Waals surface area contributed by atoms with Crippen molar-refractivity contribution in [3.05, 3.63) is 48.5 Å². The number of halogens is 1. The van der Waals surface area contributed by atoms with Gasteiger partial charge in [-0.15, -0.1) is 0 Å². The topological polar surface area (TPSA) is 48.1 Å². The Morgan fingerprint density at radius 2 is 1.86 bits per heavy atom. The second kappa shape index (κ2) is 7.18. The number of benzene rings is 1. The van der Waals surface area contributed by atoms with Crippen LogP contribution in [-0.4, -0.2) is 17.6 Å². The van der Waals surface area contributed by atoms with Gasteiger partial charge in [-0.2, -0.15) is 0 Å². The highest BCUT2D eigenvalue weighted by Crippen LogP contribution is 2.25. The summed E-state index contributed by atoms with van der Waals surface area (Å²) in [6.07, 6.45) is 4.22. The first kappa shape index (κ1) is 15.4. The minimum atomic E-state index is -0.374. The lowest BCUT2D eigenvalue weighted by atomic mass is 10.1. The summed E-state index contributed by atoms with van der Waals surface area (Å²) in [4.78, 5) is 3.95. The van der Waals surface area contributed by atoms with Gasteiger partial charge in [-0.05, 0) is 47.7 Å². The summed E-state index contributed by atoms with van der Waals surface area (Å²) >= 11 is 0. The van der Waals surface area contributed by atoms with Gasteiger partial charge in [0.1, 0.15) is 6.61 Å². The van der Waals surface area contributed by atoms with Gasteiger partial charge in [0.05, 0.1) is 0 Å². The first-order valence-electron chi connectivity index (χ1n) is 7.14. The summed E-state index contributed by atoms with van der Waals surface area (Å²) in [6, 6.07) is 8.55. The molecule has 4 heteroatoms. The number of nitrogens with zero attached hydrogens (tertiary/aromatic N) is 1. The lowest BCUT2D eigenvalue weighted by Crippen LogP contribution is -2.29. The Kier molecular flexibility index (Phi) is 5.28. The van der Waals surface area contributed by atoms with Gasteiger partial charge in [0.25, 0.3) is 0 Å². The van der Waals surface area contributed by atoms with Crippen molar-refractivity contribution in [2.24, 2.45) is 11.7 Å². The third-order valence-electron chi connectivity index (χ3n) is 3.17. The molecular weight excluding hydrogens is 267 g/mol. The van der Waals surface area contributed by atoms with E-state index in [1.54, 1.807) is 18.5 Å². The highest BCUT2D eigenvalue weighted by atomic mass is 19.1. The van der Waals surface area contributed by atoms with E-state index in [-0.39, 0.29) is 17.6 Å². The fourth-order valence-corrected chi connectivity index (χ4v) is 2.21. The van der Waals surface area contributed by atoms with Gasteiger partial charge in [-0.25, -0.2) is 4.39 Å². The largest absolute Gasteiger partial charge is 0.489 e. The maximum Gasteiger partial charge on any atom is 0.165 e. The summed E-state index contributed by atoms with van der Waals surface area (Å²) in [6.45, 7) is 4.53. The molecule has 0 bridgehead atoms. The highest BCUT2D eigenvalue weighted by Gasteiger charge is 2.10. The van der Waals surface area contributed by atoms with E-state index < -0.39 is 0 Å². The molecule has 112 valence electrons. The summed E-state index contributed by atoms with van der Waals surface area (Å²) < 4.78 is 19.5. The zero-order chi connectivity index (χ0) is 15.2. The van der Waals surface area contributed by atoms with Gasteiger partial charge in [-0.3, -0.25) is 4.98 Å². The Hall–Kier alpha value is -1.94. The van der Waals surface area contributed by atoms with E-state index >= 15 is 0 Å². The molecule has 1 unspecified atom stereocenters. The molecular formula is C17H21FN2O. The molecule has 0 fully saturated rings. The molecule has 2 rings (SSSR count). The zero-order valence-corrected chi connectivity index (χ0v) is 12.4. The average molecular weight is 288 g/mol. The molecule has 0 aliphatic carbocycles. The van der Waals surface area contributed by atoms with Crippen molar-refractivity contribution in [2.75, 3.05) is 6.61 Å². The first-order chi connectivity index (χ1) is 10.1. The van der Waals surface area contributed by atoms with Crippen LogP contribution in [0.15, 0.2) is 42.7 Å². The third kappa shape index (κ3) is 4.53. The van der Waals surface area contributed by atoms with E-state index in [1.165, 1.54) is 6.07 Å². The first-order valence-corrected chi connectivity index (χ1v) is 7.14. The van der Waals surface area contributed by atoms with E-state index in [9.17, 15) is 4.39 Å². The van der Waals surface area contributed by atoms with Crippen molar-refractivity contribution in [3.63, 3.8) is 0 Å². The Balaban J connectivity index is 2.03. The molecule has 0 amide bonds. The smallest absolute Gasteiger partial charge is 0.165 e. The Bertz CT molecular complexity index is 572. The number of aromatic nitrogens is 1. The van der Waals surface area contributed by atoms with Gasteiger partial charge < -0.3 is 10.5 Å². The monoisotopic (exact) mass is 288 g/mol. The second-order valence-corrected chi connectivity index (χ2v) is 5.58. The van der Waals surface area contributed by atoms with Gasteiger partial charge in [0, 0.05) is 18.4 Å². The van der Waals surface area contributed by atoms with Crippen molar-refractivity contribution in [3.8, 4) is 16.9 Å². The summed E-state index contributed by atoms with van der Waals surface area (Å²) in [5, 5.41) is 0. The number of rotatable bonds is 6. The maximum atomic E-state index is 14.1.